The number of carbonyl (C=O) groups excluding carboxylic acids is 1. The minimum Gasteiger partial charge on any atom is -0.398 e. The Morgan fingerprint density at radius 1 is 1.44 bits per heavy atom. The predicted molar refractivity (Wildman–Crippen MR) is 71.3 cm³/mol. The van der Waals surface area contributed by atoms with Gasteiger partial charge in [-0.3, -0.25) is 4.79 Å². The summed E-state index contributed by atoms with van der Waals surface area (Å²) in [4.78, 5) is 14.4. The quantitative estimate of drug-likeness (QED) is 0.855. The van der Waals surface area contributed by atoms with Crippen molar-refractivity contribution in [3.05, 3.63) is 40.4 Å². The van der Waals surface area contributed by atoms with E-state index in [1.165, 1.54) is 0 Å². The van der Waals surface area contributed by atoms with E-state index >= 15 is 0 Å². The summed E-state index contributed by atoms with van der Waals surface area (Å²) < 4.78 is 3.77. The molecule has 0 aliphatic rings. The Morgan fingerprint density at radius 3 is 2.78 bits per heavy atom. The third kappa shape index (κ3) is 2.48. The maximum Gasteiger partial charge on any atom is 0.267 e. The van der Waals surface area contributed by atoms with Crippen LogP contribution in [0.15, 0.2) is 24.3 Å². The molecule has 0 fully saturated rings. The van der Waals surface area contributed by atoms with E-state index in [1.807, 2.05) is 24.3 Å². The number of para-hydroxylation sites is 1. The van der Waals surface area contributed by atoms with Gasteiger partial charge in [-0.05, 0) is 30.1 Å². The molecule has 6 heteroatoms. The lowest BCUT2D eigenvalue weighted by Crippen LogP contribution is -2.26. The van der Waals surface area contributed by atoms with Gasteiger partial charge in [-0.2, -0.15) is 0 Å². The summed E-state index contributed by atoms with van der Waals surface area (Å²) >= 11 is 1.12. The highest BCUT2D eigenvalue weighted by molar-refractivity contribution is 7.07. The minimum atomic E-state index is -0.0780. The molecule has 0 spiro atoms. The molecule has 2 N–H and O–H groups in total. The maximum absolute atomic E-state index is 12.2. The molecule has 0 saturated heterocycles. The normalized spacial score (nSPS) is 10.3. The van der Waals surface area contributed by atoms with Gasteiger partial charge in [-0.25, -0.2) is 0 Å². The van der Waals surface area contributed by atoms with E-state index in [1.54, 1.807) is 18.9 Å². The van der Waals surface area contributed by atoms with E-state index in [4.69, 9.17) is 5.73 Å². The first-order chi connectivity index (χ1) is 8.59. The number of aryl methyl sites for hydroxylation is 1. The van der Waals surface area contributed by atoms with Crippen LogP contribution in [0.2, 0.25) is 0 Å². The number of hydrogen-bond donors (Lipinski definition) is 1. The fourth-order valence-electron chi connectivity index (χ4n) is 1.61. The first-order valence-electron chi connectivity index (χ1n) is 5.47. The third-order valence-electron chi connectivity index (χ3n) is 2.66. The van der Waals surface area contributed by atoms with Crippen molar-refractivity contribution in [1.82, 2.24) is 14.5 Å². The highest BCUT2D eigenvalue weighted by Gasteiger charge is 2.18. The number of benzene rings is 1. The molecule has 0 saturated carbocycles. The molecule has 0 bridgehead atoms. The summed E-state index contributed by atoms with van der Waals surface area (Å²) in [6, 6.07) is 7.52. The molecule has 0 aliphatic carbocycles. The minimum absolute atomic E-state index is 0.0780. The standard InChI is InChI=1S/C12H14N4OS/c1-8-11(18-15-14-8)12(17)16(2)7-9-5-3-4-6-10(9)13/h3-6H,7,13H2,1-2H3. The Bertz CT molecular complexity index is 567. The zero-order valence-electron chi connectivity index (χ0n) is 10.3. The molecule has 2 rings (SSSR count). The molecule has 18 heavy (non-hydrogen) atoms. The van der Waals surface area contributed by atoms with Gasteiger partial charge in [0.15, 0.2) is 0 Å². The topological polar surface area (TPSA) is 72.1 Å². The van der Waals surface area contributed by atoms with Gasteiger partial charge in [0.2, 0.25) is 0 Å². The smallest absolute Gasteiger partial charge is 0.267 e. The lowest BCUT2D eigenvalue weighted by molar-refractivity contribution is 0.0789. The van der Waals surface area contributed by atoms with Gasteiger partial charge < -0.3 is 10.6 Å². The highest BCUT2D eigenvalue weighted by Crippen LogP contribution is 2.16. The number of nitrogen functional groups attached to an aromatic ring is 1. The summed E-state index contributed by atoms with van der Waals surface area (Å²) in [5.41, 5.74) is 8.15. The number of nitrogens with zero attached hydrogens (tertiary/aromatic N) is 3. The first kappa shape index (κ1) is 12.5. The van der Waals surface area contributed by atoms with Gasteiger partial charge in [-0.15, -0.1) is 5.10 Å². The van der Waals surface area contributed by atoms with Crippen LogP contribution in [0.4, 0.5) is 5.69 Å². The van der Waals surface area contributed by atoms with Crippen LogP contribution in [-0.4, -0.2) is 27.4 Å². The van der Waals surface area contributed by atoms with E-state index in [0.29, 0.717) is 22.8 Å². The average Bonchev–Trinajstić information content (AvgIpc) is 2.77. The Kier molecular flexibility index (Phi) is 3.57. The summed E-state index contributed by atoms with van der Waals surface area (Å²) in [6.07, 6.45) is 0. The van der Waals surface area contributed by atoms with Crippen LogP contribution in [0.1, 0.15) is 20.9 Å². The summed E-state index contributed by atoms with van der Waals surface area (Å²) in [5.74, 6) is -0.0780. The molecular weight excluding hydrogens is 248 g/mol. The number of rotatable bonds is 3. The molecule has 0 unspecified atom stereocenters. The highest BCUT2D eigenvalue weighted by atomic mass is 32.1. The van der Waals surface area contributed by atoms with E-state index in [-0.39, 0.29) is 5.91 Å². The fraction of sp³-hybridized carbons (Fsp3) is 0.250. The molecule has 1 aromatic heterocycles. The molecule has 0 atom stereocenters. The largest absolute Gasteiger partial charge is 0.398 e. The number of anilines is 1. The Labute approximate surface area is 109 Å². The van der Waals surface area contributed by atoms with Gasteiger partial charge in [0.25, 0.3) is 5.91 Å². The molecular formula is C12H14N4OS. The van der Waals surface area contributed by atoms with Gasteiger partial charge in [0, 0.05) is 19.3 Å². The second kappa shape index (κ2) is 5.14. The fourth-order valence-corrected chi connectivity index (χ4v) is 2.26. The van der Waals surface area contributed by atoms with Crippen molar-refractivity contribution in [2.75, 3.05) is 12.8 Å². The molecule has 1 heterocycles. The molecule has 1 aromatic carbocycles. The van der Waals surface area contributed by atoms with Crippen LogP contribution in [0.5, 0.6) is 0 Å². The van der Waals surface area contributed by atoms with Crippen LogP contribution < -0.4 is 5.73 Å². The van der Waals surface area contributed by atoms with Crippen molar-refractivity contribution in [1.29, 1.82) is 0 Å². The number of hydrogen-bond acceptors (Lipinski definition) is 5. The second-order valence-electron chi connectivity index (χ2n) is 4.05. The maximum atomic E-state index is 12.2. The van der Waals surface area contributed by atoms with Crippen LogP contribution >= 0.6 is 11.5 Å². The van der Waals surface area contributed by atoms with E-state index in [0.717, 1.165) is 17.1 Å². The van der Waals surface area contributed by atoms with Gasteiger partial charge in [0.05, 0.1) is 5.69 Å². The van der Waals surface area contributed by atoms with Crippen LogP contribution in [0.3, 0.4) is 0 Å². The monoisotopic (exact) mass is 262 g/mol. The second-order valence-corrected chi connectivity index (χ2v) is 4.80. The first-order valence-corrected chi connectivity index (χ1v) is 6.24. The Morgan fingerprint density at radius 2 is 2.17 bits per heavy atom. The van der Waals surface area contributed by atoms with Crippen molar-refractivity contribution >= 4 is 23.1 Å². The number of nitrogens with two attached hydrogens (primary N) is 1. The van der Waals surface area contributed by atoms with E-state index in [9.17, 15) is 4.79 Å². The summed E-state index contributed by atoms with van der Waals surface area (Å²) in [5, 5.41) is 3.84. The zero-order chi connectivity index (χ0) is 13.1. The Hall–Kier alpha value is -1.95. The van der Waals surface area contributed by atoms with E-state index in [2.05, 4.69) is 9.59 Å². The van der Waals surface area contributed by atoms with Crippen molar-refractivity contribution in [3.8, 4) is 0 Å². The number of amides is 1. The van der Waals surface area contributed by atoms with Crippen molar-refractivity contribution in [3.63, 3.8) is 0 Å². The summed E-state index contributed by atoms with van der Waals surface area (Å²) in [6.45, 7) is 2.25. The molecule has 0 aliphatic heterocycles. The lowest BCUT2D eigenvalue weighted by atomic mass is 10.1. The van der Waals surface area contributed by atoms with Gasteiger partial charge in [0.1, 0.15) is 4.88 Å². The van der Waals surface area contributed by atoms with Crippen LogP contribution in [-0.2, 0) is 6.54 Å². The van der Waals surface area contributed by atoms with Crippen molar-refractivity contribution < 1.29 is 4.79 Å². The molecule has 5 nitrogen and oxygen atoms in total. The molecule has 0 radical (unpaired) electrons. The molecule has 2 aromatic rings. The van der Waals surface area contributed by atoms with E-state index < -0.39 is 0 Å². The predicted octanol–water partition coefficient (Wildman–Crippen LogP) is 1.70. The number of carbonyl (C=O) groups is 1. The summed E-state index contributed by atoms with van der Waals surface area (Å²) in [7, 11) is 1.74. The van der Waals surface area contributed by atoms with Gasteiger partial charge >= 0.3 is 0 Å². The molecule has 94 valence electrons. The lowest BCUT2D eigenvalue weighted by Gasteiger charge is -2.17. The van der Waals surface area contributed by atoms with Crippen LogP contribution in [0.25, 0.3) is 0 Å². The van der Waals surface area contributed by atoms with Crippen LogP contribution in [0, 0.1) is 6.92 Å². The molecule has 1 amide bonds. The Balaban J connectivity index is 2.14. The third-order valence-corrected chi connectivity index (χ3v) is 3.47. The number of aromatic nitrogens is 2. The average molecular weight is 262 g/mol. The SMILES string of the molecule is Cc1nnsc1C(=O)N(C)Cc1ccccc1N. The van der Waals surface area contributed by atoms with Crippen molar-refractivity contribution in [2.24, 2.45) is 0 Å². The zero-order valence-corrected chi connectivity index (χ0v) is 11.1. The van der Waals surface area contributed by atoms with Crippen molar-refractivity contribution in [2.45, 2.75) is 13.5 Å². The van der Waals surface area contributed by atoms with Gasteiger partial charge in [-0.1, -0.05) is 22.7 Å².